The lowest BCUT2D eigenvalue weighted by atomic mass is 9.92. The molecule has 0 saturated carbocycles. The molecule has 0 bridgehead atoms. The van der Waals surface area contributed by atoms with Crippen LogP contribution in [0.5, 0.6) is 0 Å². The molecule has 1 aromatic carbocycles. The number of aromatic nitrogens is 2. The zero-order valence-corrected chi connectivity index (χ0v) is 15.5. The van der Waals surface area contributed by atoms with Gasteiger partial charge in [-0.05, 0) is 56.1 Å². The van der Waals surface area contributed by atoms with Crippen LogP contribution in [0, 0.1) is 11.6 Å². The highest BCUT2D eigenvalue weighted by molar-refractivity contribution is 5.85. The zero-order chi connectivity index (χ0) is 17.6. The second kappa shape index (κ2) is 7.21. The fourth-order valence-electron chi connectivity index (χ4n) is 3.67. The molecule has 1 unspecified atom stereocenters. The monoisotopic (exact) mass is 378 g/mol. The predicted molar refractivity (Wildman–Crippen MR) is 102 cm³/mol. The molecule has 0 aliphatic heterocycles. The summed E-state index contributed by atoms with van der Waals surface area (Å²) in [5, 5.41) is 7.57. The maximum absolute atomic E-state index is 13.4. The smallest absolute Gasteiger partial charge is 0.160 e. The van der Waals surface area contributed by atoms with Gasteiger partial charge in [-0.15, -0.1) is 12.4 Å². The molecule has 7 heteroatoms. The van der Waals surface area contributed by atoms with Gasteiger partial charge in [-0.25, -0.2) is 13.8 Å². The van der Waals surface area contributed by atoms with Crippen molar-refractivity contribution in [1.29, 1.82) is 0 Å². The van der Waals surface area contributed by atoms with E-state index in [1.807, 2.05) is 20.2 Å². The molecule has 1 aliphatic carbocycles. The fourth-order valence-corrected chi connectivity index (χ4v) is 3.67. The van der Waals surface area contributed by atoms with E-state index < -0.39 is 11.6 Å². The number of nitrogens with one attached hydrogen (secondary N) is 2. The van der Waals surface area contributed by atoms with Crippen molar-refractivity contribution < 1.29 is 8.78 Å². The van der Waals surface area contributed by atoms with E-state index in [0.717, 1.165) is 42.4 Å². The molecule has 2 aromatic heterocycles. The molecule has 0 fully saturated rings. The van der Waals surface area contributed by atoms with Gasteiger partial charge in [0, 0.05) is 35.9 Å². The average molecular weight is 379 g/mol. The van der Waals surface area contributed by atoms with Gasteiger partial charge in [0.05, 0.1) is 0 Å². The van der Waals surface area contributed by atoms with E-state index in [1.54, 1.807) is 0 Å². The maximum atomic E-state index is 13.4. The van der Waals surface area contributed by atoms with Crippen LogP contribution in [0.3, 0.4) is 0 Å². The van der Waals surface area contributed by atoms with Crippen LogP contribution in [-0.2, 0) is 19.9 Å². The van der Waals surface area contributed by atoms with Crippen LogP contribution < -0.4 is 10.6 Å². The third-order valence-electron chi connectivity index (χ3n) is 5.05. The molecule has 1 atom stereocenters. The van der Waals surface area contributed by atoms with Crippen molar-refractivity contribution in [3.8, 4) is 0 Å². The van der Waals surface area contributed by atoms with Gasteiger partial charge in [0.2, 0.25) is 0 Å². The maximum Gasteiger partial charge on any atom is 0.160 e. The van der Waals surface area contributed by atoms with E-state index in [0.29, 0.717) is 17.5 Å². The third-order valence-corrected chi connectivity index (χ3v) is 5.05. The quantitative estimate of drug-likeness (QED) is 0.721. The normalized spacial score (nSPS) is 16.2. The van der Waals surface area contributed by atoms with Crippen LogP contribution in [0.15, 0.2) is 30.3 Å². The minimum absolute atomic E-state index is 0. The van der Waals surface area contributed by atoms with E-state index in [1.165, 1.54) is 17.3 Å². The number of benzene rings is 1. The lowest BCUT2D eigenvalue weighted by Crippen LogP contribution is -2.31. The Hall–Kier alpha value is -2.18. The molecule has 0 spiro atoms. The second-order valence-corrected chi connectivity index (χ2v) is 6.53. The molecule has 2 heterocycles. The highest BCUT2D eigenvalue weighted by Crippen LogP contribution is 2.32. The number of pyridine rings is 1. The number of nitrogens with zero attached hydrogens (tertiary/aromatic N) is 2. The van der Waals surface area contributed by atoms with Gasteiger partial charge >= 0.3 is 0 Å². The highest BCUT2D eigenvalue weighted by Gasteiger charge is 2.24. The Morgan fingerprint density at radius 2 is 1.96 bits per heavy atom. The largest absolute Gasteiger partial charge is 0.340 e. The number of likely N-dealkylation sites (N-methyl/N-ethyl adjacent to an activating group) is 1. The van der Waals surface area contributed by atoms with E-state index in [4.69, 9.17) is 4.98 Å². The Bertz CT molecular complexity index is 954. The van der Waals surface area contributed by atoms with E-state index in [-0.39, 0.29) is 12.4 Å². The van der Waals surface area contributed by atoms with Crippen LogP contribution in [0.25, 0.3) is 11.0 Å². The van der Waals surface area contributed by atoms with E-state index in [2.05, 4.69) is 21.3 Å². The minimum Gasteiger partial charge on any atom is -0.340 e. The van der Waals surface area contributed by atoms with Crippen LogP contribution in [0.4, 0.5) is 20.3 Å². The summed E-state index contributed by atoms with van der Waals surface area (Å²) >= 11 is 0. The molecule has 1 aliphatic rings. The van der Waals surface area contributed by atoms with Crippen molar-refractivity contribution >= 4 is 34.9 Å². The number of aryl methyl sites for hydroxylation is 1. The van der Waals surface area contributed by atoms with Crippen molar-refractivity contribution in [2.24, 2.45) is 7.05 Å². The van der Waals surface area contributed by atoms with Crippen LogP contribution in [0.1, 0.15) is 17.7 Å². The zero-order valence-electron chi connectivity index (χ0n) is 14.6. The van der Waals surface area contributed by atoms with Crippen LogP contribution >= 0.6 is 12.4 Å². The van der Waals surface area contributed by atoms with E-state index >= 15 is 0 Å². The summed E-state index contributed by atoms with van der Waals surface area (Å²) in [4.78, 5) is 4.69. The number of halogens is 3. The summed E-state index contributed by atoms with van der Waals surface area (Å²) in [5.41, 5.74) is 4.07. The van der Waals surface area contributed by atoms with Crippen molar-refractivity contribution in [2.75, 3.05) is 12.4 Å². The minimum atomic E-state index is -0.876. The summed E-state index contributed by atoms with van der Waals surface area (Å²) in [5.74, 6) is -1.12. The topological polar surface area (TPSA) is 41.9 Å². The molecule has 138 valence electrons. The Labute approximate surface area is 157 Å². The molecular formula is C19H21ClF2N4. The molecule has 26 heavy (non-hydrogen) atoms. The van der Waals surface area contributed by atoms with Crippen LogP contribution in [-0.4, -0.2) is 22.6 Å². The first-order chi connectivity index (χ1) is 12.1. The van der Waals surface area contributed by atoms with Crippen molar-refractivity contribution in [2.45, 2.75) is 25.3 Å². The number of hydrogen-bond donors (Lipinski definition) is 2. The molecular weight excluding hydrogens is 358 g/mol. The lowest BCUT2D eigenvalue weighted by Gasteiger charge is -2.22. The molecule has 0 amide bonds. The van der Waals surface area contributed by atoms with Gasteiger partial charge < -0.3 is 15.2 Å². The summed E-state index contributed by atoms with van der Waals surface area (Å²) in [6.07, 6.45) is 3.15. The molecule has 4 rings (SSSR count). The number of anilines is 2. The van der Waals surface area contributed by atoms with Crippen LogP contribution in [0.2, 0.25) is 0 Å². The molecule has 3 aromatic rings. The standard InChI is InChI=1S/C19H20F2N4.ClH/c1-22-11-4-7-17-14(9-11)13-5-8-18(24-19(13)25(17)2)23-12-3-6-15(20)16(21)10-12;/h3,5-6,8,10-11,22H,4,7,9H2,1-2H3,(H,23,24);1H. The average Bonchev–Trinajstić information content (AvgIpc) is 2.90. The number of hydrogen-bond acceptors (Lipinski definition) is 3. The van der Waals surface area contributed by atoms with Gasteiger partial charge in [0.15, 0.2) is 11.6 Å². The van der Waals surface area contributed by atoms with E-state index in [9.17, 15) is 8.78 Å². The Morgan fingerprint density at radius 3 is 2.69 bits per heavy atom. The fraction of sp³-hybridized carbons (Fsp3) is 0.316. The molecule has 0 radical (unpaired) electrons. The first-order valence-electron chi connectivity index (χ1n) is 8.43. The Kier molecular flexibility index (Phi) is 5.16. The lowest BCUT2D eigenvalue weighted by molar-refractivity contribution is 0.488. The predicted octanol–water partition coefficient (Wildman–Crippen LogP) is 4.09. The SMILES string of the molecule is CNC1CCc2c(c3ccc(Nc4ccc(F)c(F)c4)nc3n2C)C1.Cl. The summed E-state index contributed by atoms with van der Waals surface area (Å²) < 4.78 is 28.6. The summed E-state index contributed by atoms with van der Waals surface area (Å²) in [7, 11) is 4.04. The van der Waals surface area contributed by atoms with Gasteiger partial charge in [0.1, 0.15) is 11.5 Å². The molecule has 4 nitrogen and oxygen atoms in total. The first-order valence-corrected chi connectivity index (χ1v) is 8.43. The van der Waals surface area contributed by atoms with Crippen molar-refractivity contribution in [3.05, 3.63) is 53.2 Å². The molecule has 0 saturated heterocycles. The third kappa shape index (κ3) is 3.15. The Morgan fingerprint density at radius 1 is 1.15 bits per heavy atom. The van der Waals surface area contributed by atoms with Gasteiger partial charge in [0.25, 0.3) is 0 Å². The number of rotatable bonds is 3. The van der Waals surface area contributed by atoms with Gasteiger partial charge in [-0.1, -0.05) is 0 Å². The Balaban J connectivity index is 0.00000196. The summed E-state index contributed by atoms with van der Waals surface area (Å²) in [6.45, 7) is 0. The van der Waals surface area contributed by atoms with Gasteiger partial charge in [-0.2, -0.15) is 0 Å². The van der Waals surface area contributed by atoms with Crippen molar-refractivity contribution in [1.82, 2.24) is 14.9 Å². The number of fused-ring (bicyclic) bond motifs is 3. The summed E-state index contributed by atoms with van der Waals surface area (Å²) in [6, 6.07) is 8.17. The van der Waals surface area contributed by atoms with Crippen molar-refractivity contribution in [3.63, 3.8) is 0 Å². The molecule has 2 N–H and O–H groups in total. The van der Waals surface area contributed by atoms with Gasteiger partial charge in [-0.3, -0.25) is 0 Å². The second-order valence-electron chi connectivity index (χ2n) is 6.53. The first kappa shape index (κ1) is 18.6. The highest BCUT2D eigenvalue weighted by atomic mass is 35.5.